The predicted molar refractivity (Wildman–Crippen MR) is 69.8 cm³/mol. The fourth-order valence-electron chi connectivity index (χ4n) is 2.21. The second kappa shape index (κ2) is 5.48. The van der Waals surface area contributed by atoms with Crippen LogP contribution in [0, 0.1) is 11.6 Å². The van der Waals surface area contributed by atoms with Crippen LogP contribution >= 0.6 is 0 Å². The highest BCUT2D eigenvalue weighted by Gasteiger charge is 2.18. The van der Waals surface area contributed by atoms with E-state index in [1.807, 2.05) is 20.0 Å². The summed E-state index contributed by atoms with van der Waals surface area (Å²) in [5, 5.41) is 7.43. The van der Waals surface area contributed by atoms with Gasteiger partial charge in [0, 0.05) is 13.1 Å². The quantitative estimate of drug-likeness (QED) is 0.920. The molecule has 3 nitrogen and oxygen atoms in total. The third-order valence-corrected chi connectivity index (χ3v) is 3.13. The van der Waals surface area contributed by atoms with E-state index >= 15 is 0 Å². The molecular weight excluding hydrogens is 248 g/mol. The number of aryl methyl sites for hydroxylation is 2. The molecule has 0 amide bonds. The average molecular weight is 265 g/mol. The lowest BCUT2D eigenvalue weighted by Crippen LogP contribution is -2.20. The maximum Gasteiger partial charge on any atom is 0.126 e. The van der Waals surface area contributed by atoms with Crippen molar-refractivity contribution in [2.24, 2.45) is 7.05 Å². The molecule has 2 rings (SSSR count). The van der Waals surface area contributed by atoms with E-state index < -0.39 is 11.6 Å². The summed E-state index contributed by atoms with van der Waals surface area (Å²) in [6.45, 7) is 2.02. The first kappa shape index (κ1) is 13.7. The number of hydrogen-bond donors (Lipinski definition) is 1. The maximum absolute atomic E-state index is 13.3. The second-order valence-corrected chi connectivity index (χ2v) is 4.46. The van der Waals surface area contributed by atoms with Crippen molar-refractivity contribution in [3.05, 3.63) is 52.9 Å². The normalized spacial score (nSPS) is 12.7. The van der Waals surface area contributed by atoms with Crippen LogP contribution in [0.15, 0.2) is 24.3 Å². The van der Waals surface area contributed by atoms with Gasteiger partial charge in [0.2, 0.25) is 0 Å². The van der Waals surface area contributed by atoms with Crippen LogP contribution in [0.25, 0.3) is 0 Å². The Bertz CT molecular complexity index is 558. The molecular formula is C14H17F2N3. The third kappa shape index (κ3) is 2.81. The van der Waals surface area contributed by atoms with Gasteiger partial charge in [-0.2, -0.15) is 5.10 Å². The first-order valence-electron chi connectivity index (χ1n) is 6.21. The first-order chi connectivity index (χ1) is 9.05. The molecule has 1 N–H and O–H groups in total. The van der Waals surface area contributed by atoms with Crippen molar-refractivity contribution in [3.8, 4) is 0 Å². The number of rotatable bonds is 4. The van der Waals surface area contributed by atoms with Gasteiger partial charge in [-0.1, -0.05) is 6.92 Å². The van der Waals surface area contributed by atoms with Crippen LogP contribution in [-0.4, -0.2) is 16.8 Å². The highest BCUT2D eigenvalue weighted by Crippen LogP contribution is 2.23. The Kier molecular flexibility index (Phi) is 3.95. The van der Waals surface area contributed by atoms with Gasteiger partial charge in [-0.05, 0) is 37.2 Å². The Labute approximate surface area is 111 Å². The summed E-state index contributed by atoms with van der Waals surface area (Å²) in [4.78, 5) is 0. The minimum Gasteiger partial charge on any atom is -0.308 e. The van der Waals surface area contributed by atoms with Gasteiger partial charge < -0.3 is 5.32 Å². The van der Waals surface area contributed by atoms with Crippen LogP contribution in [-0.2, 0) is 13.5 Å². The summed E-state index contributed by atoms with van der Waals surface area (Å²) in [6, 6.07) is 5.20. The lowest BCUT2D eigenvalue weighted by atomic mass is 10.0. The van der Waals surface area contributed by atoms with Gasteiger partial charge in [-0.15, -0.1) is 0 Å². The molecule has 19 heavy (non-hydrogen) atoms. The molecule has 0 aliphatic carbocycles. The fraction of sp³-hybridized carbons (Fsp3) is 0.357. The summed E-state index contributed by atoms with van der Waals surface area (Å²) >= 11 is 0. The third-order valence-electron chi connectivity index (χ3n) is 3.13. The van der Waals surface area contributed by atoms with Gasteiger partial charge in [0.05, 0.1) is 17.4 Å². The van der Waals surface area contributed by atoms with Crippen LogP contribution in [0.4, 0.5) is 8.78 Å². The van der Waals surface area contributed by atoms with E-state index in [0.29, 0.717) is 5.56 Å². The SMILES string of the molecule is CCc1cc(C(NC)c2cc(F)cc(F)c2)n(C)n1. The first-order valence-corrected chi connectivity index (χ1v) is 6.21. The van der Waals surface area contributed by atoms with Crippen molar-refractivity contribution >= 4 is 0 Å². The van der Waals surface area contributed by atoms with Crippen molar-refractivity contribution in [1.82, 2.24) is 15.1 Å². The fourth-order valence-corrected chi connectivity index (χ4v) is 2.21. The summed E-state index contributed by atoms with van der Waals surface area (Å²) in [5.41, 5.74) is 2.38. The summed E-state index contributed by atoms with van der Waals surface area (Å²) in [7, 11) is 3.58. The van der Waals surface area contributed by atoms with Gasteiger partial charge in [0.1, 0.15) is 11.6 Å². The van der Waals surface area contributed by atoms with Crippen LogP contribution in [0.3, 0.4) is 0 Å². The summed E-state index contributed by atoms with van der Waals surface area (Å²) < 4.78 is 28.4. The van der Waals surface area contributed by atoms with E-state index in [0.717, 1.165) is 23.9 Å². The Hall–Kier alpha value is -1.75. The maximum atomic E-state index is 13.3. The van der Waals surface area contributed by atoms with E-state index in [-0.39, 0.29) is 6.04 Å². The molecule has 1 heterocycles. The molecule has 0 spiro atoms. The topological polar surface area (TPSA) is 29.9 Å². The van der Waals surface area contributed by atoms with Crippen molar-refractivity contribution < 1.29 is 8.78 Å². The molecule has 0 aliphatic rings. The van der Waals surface area contributed by atoms with Crippen molar-refractivity contribution in [3.63, 3.8) is 0 Å². The molecule has 0 aliphatic heterocycles. The van der Waals surface area contributed by atoms with E-state index in [9.17, 15) is 8.78 Å². The number of nitrogens with one attached hydrogen (secondary N) is 1. The smallest absolute Gasteiger partial charge is 0.126 e. The van der Waals surface area contributed by atoms with Gasteiger partial charge >= 0.3 is 0 Å². The molecule has 0 saturated heterocycles. The van der Waals surface area contributed by atoms with Crippen LogP contribution in [0.1, 0.15) is 29.9 Å². The van der Waals surface area contributed by atoms with Gasteiger partial charge in [0.25, 0.3) is 0 Å². The van der Waals surface area contributed by atoms with Gasteiger partial charge in [0.15, 0.2) is 0 Å². The molecule has 1 aromatic carbocycles. The van der Waals surface area contributed by atoms with E-state index in [1.165, 1.54) is 12.1 Å². The minimum absolute atomic E-state index is 0.289. The Morgan fingerprint density at radius 2 is 1.84 bits per heavy atom. The molecule has 1 aromatic heterocycles. The summed E-state index contributed by atoms with van der Waals surface area (Å²) in [6.07, 6.45) is 0.821. The van der Waals surface area contributed by atoms with Gasteiger partial charge in [-0.3, -0.25) is 4.68 Å². The second-order valence-electron chi connectivity index (χ2n) is 4.46. The van der Waals surface area contributed by atoms with Crippen LogP contribution in [0.5, 0.6) is 0 Å². The molecule has 0 bridgehead atoms. The zero-order chi connectivity index (χ0) is 14.0. The lowest BCUT2D eigenvalue weighted by molar-refractivity contribution is 0.561. The Morgan fingerprint density at radius 3 is 2.32 bits per heavy atom. The molecule has 5 heteroatoms. The molecule has 0 saturated carbocycles. The molecule has 2 aromatic rings. The standard InChI is InChI=1S/C14H17F2N3/c1-4-12-8-13(19(3)18-12)14(17-2)9-5-10(15)7-11(16)6-9/h5-8,14,17H,4H2,1-3H3. The molecule has 102 valence electrons. The largest absolute Gasteiger partial charge is 0.308 e. The Balaban J connectivity index is 2.46. The number of hydrogen-bond acceptors (Lipinski definition) is 2. The molecule has 0 radical (unpaired) electrons. The zero-order valence-corrected chi connectivity index (χ0v) is 11.2. The van der Waals surface area contributed by atoms with E-state index in [1.54, 1.807) is 11.7 Å². The average Bonchev–Trinajstić information content (AvgIpc) is 2.71. The zero-order valence-electron chi connectivity index (χ0n) is 11.2. The number of halogens is 2. The predicted octanol–water partition coefficient (Wildman–Crippen LogP) is 2.57. The number of benzene rings is 1. The monoisotopic (exact) mass is 265 g/mol. The van der Waals surface area contributed by atoms with E-state index in [2.05, 4.69) is 10.4 Å². The van der Waals surface area contributed by atoms with Crippen molar-refractivity contribution in [1.29, 1.82) is 0 Å². The van der Waals surface area contributed by atoms with Crippen LogP contribution in [0.2, 0.25) is 0 Å². The molecule has 1 atom stereocenters. The number of aromatic nitrogens is 2. The van der Waals surface area contributed by atoms with Crippen LogP contribution < -0.4 is 5.32 Å². The van der Waals surface area contributed by atoms with Crippen molar-refractivity contribution in [2.45, 2.75) is 19.4 Å². The lowest BCUT2D eigenvalue weighted by Gasteiger charge is -2.17. The molecule has 0 fully saturated rings. The summed E-state index contributed by atoms with van der Waals surface area (Å²) in [5.74, 6) is -1.15. The van der Waals surface area contributed by atoms with Crippen molar-refractivity contribution in [2.75, 3.05) is 7.05 Å². The molecule has 1 unspecified atom stereocenters. The number of nitrogens with zero attached hydrogens (tertiary/aromatic N) is 2. The highest BCUT2D eigenvalue weighted by atomic mass is 19.1. The minimum atomic E-state index is -0.576. The Morgan fingerprint density at radius 1 is 1.21 bits per heavy atom. The van der Waals surface area contributed by atoms with Gasteiger partial charge in [-0.25, -0.2) is 8.78 Å². The highest BCUT2D eigenvalue weighted by molar-refractivity contribution is 5.30. The van der Waals surface area contributed by atoms with E-state index in [4.69, 9.17) is 0 Å².